The van der Waals surface area contributed by atoms with E-state index < -0.39 is 0 Å². The van der Waals surface area contributed by atoms with Crippen LogP contribution in [0, 0.1) is 0 Å². The Morgan fingerprint density at radius 3 is 2.67 bits per heavy atom. The zero-order valence-corrected chi connectivity index (χ0v) is 13.9. The molecule has 0 aromatic carbocycles. The number of alkyl halides is 1. The molecule has 0 spiro atoms. The molecule has 1 aliphatic rings. The summed E-state index contributed by atoms with van der Waals surface area (Å²) in [6.45, 7) is 2.73. The lowest BCUT2D eigenvalue weighted by Crippen LogP contribution is -2.49. The number of piperazine rings is 1. The molecule has 0 radical (unpaired) electrons. The van der Waals surface area contributed by atoms with Gasteiger partial charge in [0.05, 0.1) is 5.75 Å². The molecule has 21 heavy (non-hydrogen) atoms. The van der Waals surface area contributed by atoms with E-state index in [4.69, 9.17) is 11.6 Å². The maximum absolute atomic E-state index is 11.5. The van der Waals surface area contributed by atoms with Crippen LogP contribution in [0.15, 0.2) is 4.34 Å². The zero-order valence-electron chi connectivity index (χ0n) is 11.5. The highest BCUT2D eigenvalue weighted by molar-refractivity contribution is 8.01. The summed E-state index contributed by atoms with van der Waals surface area (Å²) < 4.78 is 0.771. The molecule has 2 amide bonds. The average Bonchev–Trinajstić information content (AvgIpc) is 3.00. The van der Waals surface area contributed by atoms with Gasteiger partial charge in [-0.15, -0.1) is 21.8 Å². The smallest absolute Gasteiger partial charge is 0.237 e. The average molecular weight is 350 g/mol. The fraction of sp³-hybridized carbons (Fsp3) is 0.636. The van der Waals surface area contributed by atoms with Crippen molar-refractivity contribution in [3.05, 3.63) is 0 Å². The molecule has 1 fully saturated rings. The van der Waals surface area contributed by atoms with Crippen LogP contribution in [-0.4, -0.2) is 71.8 Å². The van der Waals surface area contributed by atoms with Crippen LogP contribution in [0.3, 0.4) is 0 Å². The van der Waals surface area contributed by atoms with Crippen LogP contribution in [0.5, 0.6) is 0 Å². The van der Waals surface area contributed by atoms with E-state index >= 15 is 0 Å². The van der Waals surface area contributed by atoms with Crippen molar-refractivity contribution in [1.82, 2.24) is 20.4 Å². The molecular formula is C11H16ClN5O2S2. The number of anilines is 1. The van der Waals surface area contributed by atoms with E-state index in [0.29, 0.717) is 18.8 Å². The van der Waals surface area contributed by atoms with Gasteiger partial charge in [0.25, 0.3) is 0 Å². The zero-order chi connectivity index (χ0) is 15.2. The van der Waals surface area contributed by atoms with Crippen molar-refractivity contribution in [2.24, 2.45) is 0 Å². The molecule has 0 atom stereocenters. The van der Waals surface area contributed by atoms with Crippen molar-refractivity contribution in [2.75, 3.05) is 49.8 Å². The van der Waals surface area contributed by atoms with Crippen LogP contribution in [0.1, 0.15) is 0 Å². The van der Waals surface area contributed by atoms with Crippen LogP contribution in [0.2, 0.25) is 0 Å². The molecule has 2 rings (SSSR count). The Morgan fingerprint density at radius 1 is 1.33 bits per heavy atom. The Hall–Kier alpha value is -1.06. The summed E-state index contributed by atoms with van der Waals surface area (Å²) in [7, 11) is 1.61. The van der Waals surface area contributed by atoms with Crippen molar-refractivity contribution < 1.29 is 9.59 Å². The van der Waals surface area contributed by atoms with Crippen molar-refractivity contribution in [1.29, 1.82) is 0 Å². The molecule has 1 saturated heterocycles. The molecule has 0 aliphatic carbocycles. The van der Waals surface area contributed by atoms with Crippen molar-refractivity contribution in [3.8, 4) is 0 Å². The minimum atomic E-state index is -0.0371. The van der Waals surface area contributed by atoms with Gasteiger partial charge in [-0.25, -0.2) is 0 Å². The van der Waals surface area contributed by atoms with E-state index in [1.807, 2.05) is 0 Å². The molecule has 1 aromatic heterocycles. The topological polar surface area (TPSA) is 78.4 Å². The highest BCUT2D eigenvalue weighted by Gasteiger charge is 2.22. The SMILES string of the molecule is CNC(=O)CSc1nnc(N2CCN(C(=O)CCl)CC2)s1. The van der Waals surface area contributed by atoms with Gasteiger partial charge in [0.1, 0.15) is 5.88 Å². The second-order valence-corrected chi connectivity index (χ2v) is 6.76. The monoisotopic (exact) mass is 349 g/mol. The van der Waals surface area contributed by atoms with Crippen LogP contribution in [0.25, 0.3) is 0 Å². The van der Waals surface area contributed by atoms with E-state index in [1.165, 1.54) is 23.1 Å². The quantitative estimate of drug-likeness (QED) is 0.607. The third kappa shape index (κ3) is 4.45. The van der Waals surface area contributed by atoms with Gasteiger partial charge in [0.15, 0.2) is 4.34 Å². The number of carbonyl (C=O) groups is 2. The number of nitrogens with one attached hydrogen (secondary N) is 1. The number of carbonyl (C=O) groups excluding carboxylic acids is 2. The molecule has 0 saturated carbocycles. The van der Waals surface area contributed by atoms with Crippen molar-refractivity contribution in [2.45, 2.75) is 4.34 Å². The second kappa shape index (κ2) is 7.81. The molecule has 1 aliphatic heterocycles. The number of thioether (sulfide) groups is 1. The summed E-state index contributed by atoms with van der Waals surface area (Å²) >= 11 is 8.39. The highest BCUT2D eigenvalue weighted by Crippen LogP contribution is 2.28. The summed E-state index contributed by atoms with van der Waals surface area (Å²) in [6.07, 6.45) is 0. The number of aromatic nitrogens is 2. The first-order valence-corrected chi connectivity index (χ1v) is 8.73. The van der Waals surface area contributed by atoms with E-state index in [-0.39, 0.29) is 17.7 Å². The Labute approximate surface area is 136 Å². The molecule has 7 nitrogen and oxygen atoms in total. The normalized spacial score (nSPS) is 15.1. The molecule has 2 heterocycles. The van der Waals surface area contributed by atoms with E-state index in [9.17, 15) is 9.59 Å². The van der Waals surface area contributed by atoms with E-state index in [0.717, 1.165) is 22.6 Å². The Balaban J connectivity index is 1.85. The summed E-state index contributed by atoms with van der Waals surface area (Å²) in [5.41, 5.74) is 0. The first-order chi connectivity index (χ1) is 10.1. The number of hydrogen-bond acceptors (Lipinski definition) is 7. The maximum Gasteiger partial charge on any atom is 0.237 e. The molecule has 10 heteroatoms. The first-order valence-electron chi connectivity index (χ1n) is 6.39. The first kappa shape index (κ1) is 16.3. The van der Waals surface area contributed by atoms with Gasteiger partial charge in [-0.2, -0.15) is 0 Å². The fourth-order valence-corrected chi connectivity index (χ4v) is 3.75. The van der Waals surface area contributed by atoms with Crippen LogP contribution < -0.4 is 10.2 Å². The summed E-state index contributed by atoms with van der Waals surface area (Å²) in [6, 6.07) is 0. The largest absolute Gasteiger partial charge is 0.358 e. The lowest BCUT2D eigenvalue weighted by molar-refractivity contribution is -0.128. The van der Waals surface area contributed by atoms with Gasteiger partial charge in [0.2, 0.25) is 16.9 Å². The van der Waals surface area contributed by atoms with Crippen LogP contribution in [0.4, 0.5) is 5.13 Å². The predicted molar refractivity (Wildman–Crippen MR) is 84.2 cm³/mol. The van der Waals surface area contributed by atoms with Crippen LogP contribution >= 0.6 is 34.7 Å². The molecule has 1 aromatic rings. The van der Waals surface area contributed by atoms with Crippen LogP contribution in [-0.2, 0) is 9.59 Å². The standard InChI is InChI=1S/C11H16ClN5O2S2/c1-13-8(18)7-20-11-15-14-10(21-11)17-4-2-16(3-5-17)9(19)6-12/h2-7H2,1H3,(H,13,18). The number of halogens is 1. The van der Waals surface area contributed by atoms with Crippen molar-refractivity contribution in [3.63, 3.8) is 0 Å². The Kier molecular flexibility index (Phi) is 6.07. The number of rotatable bonds is 5. The minimum absolute atomic E-state index is 0.0269. The summed E-state index contributed by atoms with van der Waals surface area (Å²) in [5.74, 6) is 0.294. The fourth-order valence-electron chi connectivity index (χ4n) is 1.82. The summed E-state index contributed by atoms with van der Waals surface area (Å²) in [4.78, 5) is 26.5. The van der Waals surface area contributed by atoms with Gasteiger partial charge >= 0.3 is 0 Å². The van der Waals surface area contributed by atoms with Gasteiger partial charge in [-0.05, 0) is 0 Å². The number of amides is 2. The second-order valence-electron chi connectivity index (χ2n) is 4.31. The predicted octanol–water partition coefficient (Wildman–Crippen LogP) is 0.264. The minimum Gasteiger partial charge on any atom is -0.358 e. The lowest BCUT2D eigenvalue weighted by Gasteiger charge is -2.33. The number of nitrogens with zero attached hydrogens (tertiary/aromatic N) is 4. The van der Waals surface area contributed by atoms with Crippen molar-refractivity contribution >= 4 is 51.6 Å². The number of hydrogen-bond donors (Lipinski definition) is 1. The molecule has 0 unspecified atom stereocenters. The lowest BCUT2D eigenvalue weighted by atomic mass is 10.3. The van der Waals surface area contributed by atoms with Gasteiger partial charge in [-0.1, -0.05) is 23.1 Å². The highest BCUT2D eigenvalue weighted by atomic mass is 35.5. The molecule has 116 valence electrons. The summed E-state index contributed by atoms with van der Waals surface area (Å²) in [5, 5.41) is 11.6. The molecule has 1 N–H and O–H groups in total. The Bertz CT molecular complexity index is 505. The van der Waals surface area contributed by atoms with E-state index in [1.54, 1.807) is 11.9 Å². The Morgan fingerprint density at radius 2 is 2.05 bits per heavy atom. The van der Waals surface area contributed by atoms with Gasteiger partial charge in [0, 0.05) is 33.2 Å². The molecular weight excluding hydrogens is 334 g/mol. The maximum atomic E-state index is 11.5. The van der Waals surface area contributed by atoms with Gasteiger partial charge in [-0.3, -0.25) is 9.59 Å². The van der Waals surface area contributed by atoms with Gasteiger partial charge < -0.3 is 15.1 Å². The van der Waals surface area contributed by atoms with E-state index in [2.05, 4.69) is 20.4 Å². The third-order valence-corrected chi connectivity index (χ3v) is 5.36. The third-order valence-electron chi connectivity index (χ3n) is 3.02. The molecule has 0 bridgehead atoms.